The Balaban J connectivity index is 2.44. The number of anilines is 2. The predicted molar refractivity (Wildman–Crippen MR) is 80.0 cm³/mol. The zero-order chi connectivity index (χ0) is 15.4. The van der Waals surface area contributed by atoms with E-state index in [-0.39, 0.29) is 11.4 Å². The number of nitrogens with two attached hydrogens (primary N) is 1. The summed E-state index contributed by atoms with van der Waals surface area (Å²) in [6.07, 6.45) is 0. The van der Waals surface area contributed by atoms with Crippen molar-refractivity contribution in [2.45, 2.75) is 6.92 Å². The van der Waals surface area contributed by atoms with E-state index in [1.807, 2.05) is 31.2 Å². The molecule has 0 fully saturated rings. The van der Waals surface area contributed by atoms with Gasteiger partial charge in [0, 0.05) is 7.05 Å². The third kappa shape index (κ3) is 2.76. The molecule has 0 bridgehead atoms. The molecule has 0 spiro atoms. The molecule has 0 saturated carbocycles. The molecule has 21 heavy (non-hydrogen) atoms. The molecule has 112 valence electrons. The molecule has 1 aromatic carbocycles. The van der Waals surface area contributed by atoms with Gasteiger partial charge < -0.3 is 20.5 Å². The average Bonchev–Trinajstić information content (AvgIpc) is 2.84. The minimum atomic E-state index is -0.533. The molecular formula is C14H18N4O3. The molecule has 0 radical (unpaired) electrons. The van der Waals surface area contributed by atoms with Crippen LogP contribution in [0.1, 0.15) is 17.3 Å². The highest BCUT2D eigenvalue weighted by Gasteiger charge is 2.22. The van der Waals surface area contributed by atoms with Crippen LogP contribution in [-0.4, -0.2) is 36.5 Å². The third-order valence-corrected chi connectivity index (χ3v) is 2.94. The molecule has 0 amide bonds. The first-order valence-corrected chi connectivity index (χ1v) is 6.50. The fourth-order valence-electron chi connectivity index (χ4n) is 1.96. The molecule has 0 aliphatic heterocycles. The molecule has 0 unspecified atom stereocenters. The normalized spacial score (nSPS) is 10.2. The van der Waals surface area contributed by atoms with Crippen molar-refractivity contribution >= 4 is 17.6 Å². The Labute approximate surface area is 122 Å². The second kappa shape index (κ2) is 6.17. The van der Waals surface area contributed by atoms with Crippen LogP contribution in [0.4, 0.5) is 11.6 Å². The Morgan fingerprint density at radius 3 is 2.57 bits per heavy atom. The summed E-state index contributed by atoms with van der Waals surface area (Å²) in [5.74, 6) is 0.812. The zero-order valence-electron chi connectivity index (χ0n) is 12.2. The molecule has 1 aromatic heterocycles. The average molecular weight is 290 g/mol. The van der Waals surface area contributed by atoms with Crippen molar-refractivity contribution in [2.75, 3.05) is 31.8 Å². The van der Waals surface area contributed by atoms with Gasteiger partial charge >= 0.3 is 5.97 Å². The van der Waals surface area contributed by atoms with E-state index in [0.29, 0.717) is 12.4 Å². The van der Waals surface area contributed by atoms with E-state index in [4.69, 9.17) is 15.2 Å². The Morgan fingerprint density at radius 2 is 2.05 bits per heavy atom. The number of hydrogen-bond acceptors (Lipinski definition) is 6. The summed E-state index contributed by atoms with van der Waals surface area (Å²) in [6, 6.07) is 7.26. The van der Waals surface area contributed by atoms with Crippen molar-refractivity contribution in [1.82, 2.24) is 9.78 Å². The van der Waals surface area contributed by atoms with E-state index in [2.05, 4.69) is 10.4 Å². The first kappa shape index (κ1) is 14.7. The van der Waals surface area contributed by atoms with Crippen molar-refractivity contribution < 1.29 is 14.3 Å². The molecule has 3 N–H and O–H groups in total. The maximum absolute atomic E-state index is 11.8. The van der Waals surface area contributed by atoms with Crippen LogP contribution in [0.3, 0.4) is 0 Å². The van der Waals surface area contributed by atoms with Gasteiger partial charge in [-0.15, -0.1) is 5.10 Å². The molecule has 0 aliphatic rings. The molecule has 0 saturated heterocycles. The van der Waals surface area contributed by atoms with E-state index in [0.717, 1.165) is 11.4 Å². The molecule has 7 heteroatoms. The highest BCUT2D eigenvalue weighted by molar-refractivity contribution is 5.99. The maximum Gasteiger partial charge on any atom is 0.345 e. The summed E-state index contributed by atoms with van der Waals surface area (Å²) in [5, 5.41) is 7.12. The monoisotopic (exact) mass is 290 g/mol. The van der Waals surface area contributed by atoms with Crippen molar-refractivity contribution in [3.63, 3.8) is 0 Å². The fraction of sp³-hybridized carbons (Fsp3) is 0.286. The lowest BCUT2D eigenvalue weighted by Crippen LogP contribution is -2.08. The Bertz CT molecular complexity index is 634. The van der Waals surface area contributed by atoms with Gasteiger partial charge in [-0.3, -0.25) is 0 Å². The smallest absolute Gasteiger partial charge is 0.345 e. The van der Waals surface area contributed by atoms with Crippen LogP contribution in [-0.2, 0) is 4.74 Å². The number of methoxy groups -OCH3 is 1. The Morgan fingerprint density at radius 1 is 1.38 bits per heavy atom. The standard InChI is InChI=1S/C14H18N4O3/c1-4-21-10-7-5-9(6-8-10)18-12(15)11(14(19)20-3)13(16-2)17-18/h5-8H,4,15H2,1-3H3,(H,16,17). The highest BCUT2D eigenvalue weighted by Crippen LogP contribution is 2.26. The van der Waals surface area contributed by atoms with Crippen molar-refractivity contribution in [3.8, 4) is 11.4 Å². The molecule has 0 atom stereocenters. The number of carbonyl (C=O) groups is 1. The largest absolute Gasteiger partial charge is 0.494 e. The highest BCUT2D eigenvalue weighted by atomic mass is 16.5. The van der Waals surface area contributed by atoms with Crippen LogP contribution in [0.25, 0.3) is 5.69 Å². The van der Waals surface area contributed by atoms with Gasteiger partial charge in [0.15, 0.2) is 5.82 Å². The minimum Gasteiger partial charge on any atom is -0.494 e. The SMILES string of the molecule is CCOc1ccc(-n2nc(NC)c(C(=O)OC)c2N)cc1. The lowest BCUT2D eigenvalue weighted by Gasteiger charge is -2.06. The Hall–Kier alpha value is -2.70. The van der Waals surface area contributed by atoms with Crippen molar-refractivity contribution in [2.24, 2.45) is 0 Å². The van der Waals surface area contributed by atoms with Gasteiger partial charge in [0.25, 0.3) is 0 Å². The van der Waals surface area contributed by atoms with E-state index in [1.165, 1.54) is 11.8 Å². The number of ether oxygens (including phenoxy) is 2. The summed E-state index contributed by atoms with van der Waals surface area (Å²) in [7, 11) is 2.96. The van der Waals surface area contributed by atoms with Crippen LogP contribution in [0.2, 0.25) is 0 Å². The molecule has 7 nitrogen and oxygen atoms in total. The van der Waals surface area contributed by atoms with Gasteiger partial charge in [-0.2, -0.15) is 0 Å². The van der Waals surface area contributed by atoms with Gasteiger partial charge in [-0.1, -0.05) is 0 Å². The zero-order valence-corrected chi connectivity index (χ0v) is 12.2. The second-order valence-electron chi connectivity index (χ2n) is 4.19. The Kier molecular flexibility index (Phi) is 4.32. The van der Waals surface area contributed by atoms with Crippen LogP contribution in [0, 0.1) is 0 Å². The molecule has 2 aromatic rings. The van der Waals surface area contributed by atoms with Gasteiger partial charge in [-0.05, 0) is 31.2 Å². The maximum atomic E-state index is 11.8. The summed E-state index contributed by atoms with van der Waals surface area (Å²) < 4.78 is 11.6. The number of nitrogen functional groups attached to an aromatic ring is 1. The number of benzene rings is 1. The summed E-state index contributed by atoms with van der Waals surface area (Å²) in [5.41, 5.74) is 6.95. The van der Waals surface area contributed by atoms with E-state index < -0.39 is 5.97 Å². The number of carbonyl (C=O) groups excluding carboxylic acids is 1. The summed E-state index contributed by atoms with van der Waals surface area (Å²) in [6.45, 7) is 2.51. The molecular weight excluding hydrogens is 272 g/mol. The quantitative estimate of drug-likeness (QED) is 0.814. The van der Waals surface area contributed by atoms with Crippen LogP contribution < -0.4 is 15.8 Å². The predicted octanol–water partition coefficient (Wildman–Crippen LogP) is 1.68. The van der Waals surface area contributed by atoms with Gasteiger partial charge in [-0.25, -0.2) is 9.48 Å². The summed E-state index contributed by atoms with van der Waals surface area (Å²) >= 11 is 0. The first-order chi connectivity index (χ1) is 10.1. The number of rotatable bonds is 5. The van der Waals surface area contributed by atoms with E-state index in [1.54, 1.807) is 7.05 Å². The second-order valence-corrected chi connectivity index (χ2v) is 4.19. The molecule has 0 aliphatic carbocycles. The number of aromatic nitrogens is 2. The minimum absolute atomic E-state index is 0.217. The van der Waals surface area contributed by atoms with Crippen LogP contribution >= 0.6 is 0 Å². The third-order valence-electron chi connectivity index (χ3n) is 2.94. The van der Waals surface area contributed by atoms with Gasteiger partial charge in [0.05, 0.1) is 19.4 Å². The van der Waals surface area contributed by atoms with E-state index in [9.17, 15) is 4.79 Å². The van der Waals surface area contributed by atoms with Gasteiger partial charge in [0.2, 0.25) is 0 Å². The first-order valence-electron chi connectivity index (χ1n) is 6.50. The lowest BCUT2D eigenvalue weighted by molar-refractivity contribution is 0.0603. The summed E-state index contributed by atoms with van der Waals surface area (Å²) in [4.78, 5) is 11.8. The van der Waals surface area contributed by atoms with Crippen LogP contribution in [0.5, 0.6) is 5.75 Å². The lowest BCUT2D eigenvalue weighted by atomic mass is 10.3. The van der Waals surface area contributed by atoms with Crippen LogP contribution in [0.15, 0.2) is 24.3 Å². The van der Waals surface area contributed by atoms with E-state index >= 15 is 0 Å². The molecule has 1 heterocycles. The fourth-order valence-corrected chi connectivity index (χ4v) is 1.96. The van der Waals surface area contributed by atoms with Gasteiger partial charge in [0.1, 0.15) is 17.1 Å². The van der Waals surface area contributed by atoms with Crippen molar-refractivity contribution in [3.05, 3.63) is 29.8 Å². The molecule has 2 rings (SSSR count). The van der Waals surface area contributed by atoms with Crippen molar-refractivity contribution in [1.29, 1.82) is 0 Å². The number of esters is 1. The number of nitrogens with zero attached hydrogens (tertiary/aromatic N) is 2. The number of hydrogen-bond donors (Lipinski definition) is 2. The number of nitrogens with one attached hydrogen (secondary N) is 1. The topological polar surface area (TPSA) is 91.4 Å².